The standard InChI is InChI=1S/C26H25ClF2N2O2/c1-25(30-14-12-26(32,13-15-30)18-2-4-19(27)5-3-18)17-31(22-9-6-20(28)7-10-22)23-11-8-21(29)16-24(23)33-25/h2-11,16,32H,12-15,17H2,1H3. The summed E-state index contributed by atoms with van der Waals surface area (Å²) in [6, 6.07) is 18.0. The second kappa shape index (κ2) is 8.28. The normalized spacial score (nSPS) is 22.5. The Morgan fingerprint density at radius 3 is 2.21 bits per heavy atom. The number of halogens is 3. The van der Waals surface area contributed by atoms with Gasteiger partial charge in [0.25, 0.3) is 0 Å². The monoisotopic (exact) mass is 470 g/mol. The minimum atomic E-state index is -0.938. The largest absolute Gasteiger partial charge is 0.469 e. The molecule has 1 saturated heterocycles. The lowest BCUT2D eigenvalue weighted by molar-refractivity contribution is -0.117. The molecule has 0 radical (unpaired) electrons. The lowest BCUT2D eigenvalue weighted by Gasteiger charge is -2.51. The molecule has 2 aliphatic rings. The zero-order valence-electron chi connectivity index (χ0n) is 18.3. The van der Waals surface area contributed by atoms with Gasteiger partial charge >= 0.3 is 0 Å². The molecule has 3 aromatic carbocycles. The van der Waals surface area contributed by atoms with E-state index in [1.165, 1.54) is 24.3 Å². The van der Waals surface area contributed by atoms with Crippen LogP contribution in [0.3, 0.4) is 0 Å². The average molecular weight is 471 g/mol. The maximum atomic E-state index is 14.1. The number of anilines is 2. The van der Waals surface area contributed by atoms with Gasteiger partial charge in [-0.3, -0.25) is 4.90 Å². The number of fused-ring (bicyclic) bond motifs is 1. The lowest BCUT2D eigenvalue weighted by Crippen LogP contribution is -2.62. The molecule has 172 valence electrons. The molecule has 2 aliphatic heterocycles. The summed E-state index contributed by atoms with van der Waals surface area (Å²) < 4.78 is 34.0. The van der Waals surface area contributed by atoms with Crippen LogP contribution in [-0.2, 0) is 5.60 Å². The van der Waals surface area contributed by atoms with Crippen molar-refractivity contribution < 1.29 is 18.6 Å². The molecule has 7 heteroatoms. The summed E-state index contributed by atoms with van der Waals surface area (Å²) in [5, 5.41) is 11.9. The Kier molecular flexibility index (Phi) is 5.55. The van der Waals surface area contributed by atoms with Gasteiger partial charge in [0.15, 0.2) is 5.72 Å². The van der Waals surface area contributed by atoms with Crippen LogP contribution in [0.1, 0.15) is 25.3 Å². The Morgan fingerprint density at radius 2 is 1.55 bits per heavy atom. The van der Waals surface area contributed by atoms with Crippen molar-refractivity contribution in [3.63, 3.8) is 0 Å². The second-order valence-corrected chi connectivity index (χ2v) is 9.41. The summed E-state index contributed by atoms with van der Waals surface area (Å²) in [6.45, 7) is 3.63. The molecule has 2 heterocycles. The molecular formula is C26H25ClF2N2O2. The Hall–Kier alpha value is -2.67. The first-order chi connectivity index (χ1) is 15.8. The number of benzene rings is 3. The fraction of sp³-hybridized carbons (Fsp3) is 0.308. The molecule has 1 N–H and O–H groups in total. The van der Waals surface area contributed by atoms with Gasteiger partial charge in [0.2, 0.25) is 0 Å². The fourth-order valence-corrected chi connectivity index (χ4v) is 4.98. The van der Waals surface area contributed by atoms with Gasteiger partial charge < -0.3 is 14.7 Å². The van der Waals surface area contributed by atoms with Crippen LogP contribution in [0, 0.1) is 11.6 Å². The quantitative estimate of drug-likeness (QED) is 0.521. The third-order valence-electron chi connectivity index (χ3n) is 6.77. The van der Waals surface area contributed by atoms with Crippen molar-refractivity contribution in [3.05, 3.63) is 89.0 Å². The van der Waals surface area contributed by atoms with E-state index in [2.05, 4.69) is 4.90 Å². The van der Waals surface area contributed by atoms with Gasteiger partial charge in [0, 0.05) is 29.9 Å². The smallest absolute Gasteiger partial charge is 0.178 e. The molecule has 3 aromatic rings. The van der Waals surface area contributed by atoms with Gasteiger partial charge in [0.1, 0.15) is 17.4 Å². The van der Waals surface area contributed by atoms with Crippen molar-refractivity contribution in [2.24, 2.45) is 0 Å². The minimum Gasteiger partial charge on any atom is -0.469 e. The number of ether oxygens (including phenoxy) is 1. The highest BCUT2D eigenvalue weighted by molar-refractivity contribution is 6.30. The summed E-state index contributed by atoms with van der Waals surface area (Å²) >= 11 is 6.01. The summed E-state index contributed by atoms with van der Waals surface area (Å²) in [5.41, 5.74) is 0.675. The predicted octanol–water partition coefficient (Wildman–Crippen LogP) is 5.85. The molecule has 1 atom stereocenters. The molecule has 5 rings (SSSR count). The summed E-state index contributed by atoms with van der Waals surface area (Å²) in [5.74, 6) is -0.258. The summed E-state index contributed by atoms with van der Waals surface area (Å²) in [4.78, 5) is 4.21. The maximum absolute atomic E-state index is 14.1. The third-order valence-corrected chi connectivity index (χ3v) is 7.03. The zero-order chi connectivity index (χ0) is 23.2. The Bertz CT molecular complexity index is 1150. The first kappa shape index (κ1) is 22.1. The van der Waals surface area contributed by atoms with E-state index in [0.29, 0.717) is 43.2 Å². The molecule has 0 amide bonds. The number of hydrogen-bond acceptors (Lipinski definition) is 4. The van der Waals surface area contributed by atoms with Crippen LogP contribution in [0.2, 0.25) is 5.02 Å². The summed E-state index contributed by atoms with van der Waals surface area (Å²) in [7, 11) is 0. The predicted molar refractivity (Wildman–Crippen MR) is 125 cm³/mol. The average Bonchev–Trinajstić information content (AvgIpc) is 2.79. The highest BCUT2D eigenvalue weighted by atomic mass is 35.5. The van der Waals surface area contributed by atoms with Crippen LogP contribution in [0.15, 0.2) is 66.7 Å². The van der Waals surface area contributed by atoms with Crippen molar-refractivity contribution in [2.75, 3.05) is 24.5 Å². The molecule has 0 saturated carbocycles. The van der Waals surface area contributed by atoms with Gasteiger partial charge in [-0.05, 0) is 73.9 Å². The molecule has 33 heavy (non-hydrogen) atoms. The van der Waals surface area contributed by atoms with Gasteiger partial charge in [-0.1, -0.05) is 23.7 Å². The van der Waals surface area contributed by atoms with E-state index in [0.717, 1.165) is 16.9 Å². The van der Waals surface area contributed by atoms with Crippen molar-refractivity contribution in [1.29, 1.82) is 0 Å². The Morgan fingerprint density at radius 1 is 0.909 bits per heavy atom. The van der Waals surface area contributed by atoms with Crippen LogP contribution in [0.5, 0.6) is 5.75 Å². The highest BCUT2D eigenvalue weighted by Gasteiger charge is 2.45. The maximum Gasteiger partial charge on any atom is 0.178 e. The van der Waals surface area contributed by atoms with Crippen LogP contribution >= 0.6 is 11.6 Å². The van der Waals surface area contributed by atoms with Gasteiger partial charge in [0.05, 0.1) is 17.8 Å². The number of likely N-dealkylation sites (tertiary alicyclic amines) is 1. The number of nitrogens with zero attached hydrogens (tertiary/aromatic N) is 2. The van der Waals surface area contributed by atoms with E-state index in [9.17, 15) is 13.9 Å². The van der Waals surface area contributed by atoms with Crippen molar-refractivity contribution in [2.45, 2.75) is 31.1 Å². The zero-order valence-corrected chi connectivity index (χ0v) is 19.0. The molecule has 0 aliphatic carbocycles. The van der Waals surface area contributed by atoms with Crippen LogP contribution in [0.4, 0.5) is 20.2 Å². The second-order valence-electron chi connectivity index (χ2n) is 8.98. The van der Waals surface area contributed by atoms with E-state index < -0.39 is 11.3 Å². The SMILES string of the molecule is CC1(N2CCC(O)(c3ccc(Cl)cc3)CC2)CN(c2ccc(F)cc2)c2ccc(F)cc2O1. The molecular weight excluding hydrogens is 446 g/mol. The van der Waals surface area contributed by atoms with Crippen molar-refractivity contribution in [3.8, 4) is 5.75 Å². The van der Waals surface area contributed by atoms with Crippen LogP contribution in [0.25, 0.3) is 0 Å². The van der Waals surface area contributed by atoms with Crippen molar-refractivity contribution >= 4 is 23.0 Å². The molecule has 1 unspecified atom stereocenters. The van der Waals surface area contributed by atoms with E-state index in [-0.39, 0.29) is 11.6 Å². The van der Waals surface area contributed by atoms with E-state index in [4.69, 9.17) is 16.3 Å². The Labute approximate surface area is 197 Å². The number of rotatable bonds is 3. The van der Waals surface area contributed by atoms with Gasteiger partial charge in [-0.2, -0.15) is 0 Å². The van der Waals surface area contributed by atoms with Crippen molar-refractivity contribution in [1.82, 2.24) is 4.90 Å². The number of aliphatic hydroxyl groups is 1. The molecule has 0 bridgehead atoms. The molecule has 1 fully saturated rings. The topological polar surface area (TPSA) is 35.9 Å². The van der Waals surface area contributed by atoms with Crippen LogP contribution < -0.4 is 9.64 Å². The minimum absolute atomic E-state index is 0.313. The fourth-order valence-electron chi connectivity index (χ4n) is 4.85. The highest BCUT2D eigenvalue weighted by Crippen LogP contribution is 2.44. The van der Waals surface area contributed by atoms with Gasteiger partial charge in [-0.15, -0.1) is 0 Å². The molecule has 0 spiro atoms. The number of piperidine rings is 1. The van der Waals surface area contributed by atoms with E-state index in [1.54, 1.807) is 30.3 Å². The van der Waals surface area contributed by atoms with Gasteiger partial charge in [-0.25, -0.2) is 8.78 Å². The number of hydrogen-bond donors (Lipinski definition) is 1. The third kappa shape index (κ3) is 4.19. The van der Waals surface area contributed by atoms with E-state index in [1.807, 2.05) is 24.0 Å². The first-order valence-corrected chi connectivity index (χ1v) is 11.4. The Balaban J connectivity index is 1.42. The summed E-state index contributed by atoms with van der Waals surface area (Å²) in [6.07, 6.45) is 1.06. The first-order valence-electron chi connectivity index (χ1n) is 11.0. The molecule has 0 aromatic heterocycles. The van der Waals surface area contributed by atoms with E-state index >= 15 is 0 Å². The lowest BCUT2D eigenvalue weighted by atomic mass is 9.83. The molecule has 4 nitrogen and oxygen atoms in total. The van der Waals surface area contributed by atoms with Crippen LogP contribution in [-0.4, -0.2) is 35.4 Å².